The molecule has 2 aromatic carbocycles. The lowest BCUT2D eigenvalue weighted by Crippen LogP contribution is -2.14. The molecule has 1 amide bonds. The fourth-order valence-electron chi connectivity index (χ4n) is 3.78. The van der Waals surface area contributed by atoms with Gasteiger partial charge in [-0.3, -0.25) is 9.48 Å². The van der Waals surface area contributed by atoms with E-state index in [0.29, 0.717) is 33.4 Å². The van der Waals surface area contributed by atoms with E-state index in [1.54, 1.807) is 23.7 Å². The summed E-state index contributed by atoms with van der Waals surface area (Å²) in [5, 5.41) is 8.05. The van der Waals surface area contributed by atoms with Crippen LogP contribution in [0.3, 0.4) is 0 Å². The van der Waals surface area contributed by atoms with Crippen LogP contribution in [-0.4, -0.2) is 27.3 Å². The van der Waals surface area contributed by atoms with Crippen molar-refractivity contribution in [1.29, 1.82) is 0 Å². The SMILES string of the molecule is Cc1cc(OC(F)F)ccc1NC(=O)c1cc(-c2c(C)nn(C)c2C)nc2ccccc12. The minimum atomic E-state index is -2.91. The summed E-state index contributed by atoms with van der Waals surface area (Å²) in [6.07, 6.45) is 0. The zero-order valence-corrected chi connectivity index (χ0v) is 18.1. The molecule has 0 spiro atoms. The molecule has 0 aliphatic rings. The number of nitrogens with zero attached hydrogens (tertiary/aromatic N) is 3. The van der Waals surface area contributed by atoms with E-state index in [1.807, 2.05) is 45.2 Å². The van der Waals surface area contributed by atoms with Gasteiger partial charge in [-0.2, -0.15) is 13.9 Å². The molecule has 0 radical (unpaired) electrons. The number of halogens is 2. The number of hydrogen-bond donors (Lipinski definition) is 1. The number of carbonyl (C=O) groups excluding carboxylic acids is 1. The molecule has 0 bridgehead atoms. The second-order valence-electron chi connectivity index (χ2n) is 7.55. The largest absolute Gasteiger partial charge is 0.435 e. The van der Waals surface area contributed by atoms with Gasteiger partial charge in [-0.1, -0.05) is 18.2 Å². The summed E-state index contributed by atoms with van der Waals surface area (Å²) in [6, 6.07) is 13.6. The minimum Gasteiger partial charge on any atom is -0.435 e. The molecular formula is C24H22F2N4O2. The molecule has 1 N–H and O–H groups in total. The van der Waals surface area contributed by atoms with E-state index >= 15 is 0 Å². The summed E-state index contributed by atoms with van der Waals surface area (Å²) in [7, 11) is 1.87. The molecule has 0 saturated carbocycles. The highest BCUT2D eigenvalue weighted by molar-refractivity contribution is 6.13. The van der Waals surface area contributed by atoms with E-state index in [1.165, 1.54) is 12.1 Å². The first-order valence-corrected chi connectivity index (χ1v) is 10.0. The van der Waals surface area contributed by atoms with Gasteiger partial charge in [-0.25, -0.2) is 4.98 Å². The Morgan fingerprint density at radius 1 is 1.09 bits per heavy atom. The van der Waals surface area contributed by atoms with E-state index in [0.717, 1.165) is 17.0 Å². The zero-order chi connectivity index (χ0) is 23.0. The third kappa shape index (κ3) is 4.03. The fraction of sp³-hybridized carbons (Fsp3) is 0.208. The van der Waals surface area contributed by atoms with Crippen LogP contribution in [0.5, 0.6) is 5.75 Å². The number of anilines is 1. The molecule has 8 heteroatoms. The molecule has 0 saturated heterocycles. The van der Waals surface area contributed by atoms with E-state index < -0.39 is 6.61 Å². The van der Waals surface area contributed by atoms with Crippen molar-refractivity contribution in [2.75, 3.05) is 5.32 Å². The molecule has 4 rings (SSSR count). The third-order valence-corrected chi connectivity index (χ3v) is 5.40. The third-order valence-electron chi connectivity index (χ3n) is 5.40. The van der Waals surface area contributed by atoms with Crippen LogP contribution in [0.25, 0.3) is 22.2 Å². The highest BCUT2D eigenvalue weighted by Gasteiger charge is 2.19. The number of rotatable bonds is 5. The van der Waals surface area contributed by atoms with Crippen LogP contribution in [0.4, 0.5) is 14.5 Å². The Balaban J connectivity index is 1.76. The molecule has 6 nitrogen and oxygen atoms in total. The van der Waals surface area contributed by atoms with Crippen LogP contribution in [0.2, 0.25) is 0 Å². The Morgan fingerprint density at radius 3 is 2.50 bits per heavy atom. The van der Waals surface area contributed by atoms with Crippen molar-refractivity contribution in [3.63, 3.8) is 0 Å². The van der Waals surface area contributed by atoms with Gasteiger partial charge >= 0.3 is 6.61 Å². The maximum Gasteiger partial charge on any atom is 0.387 e. The maximum absolute atomic E-state index is 13.3. The van der Waals surface area contributed by atoms with Crippen molar-refractivity contribution in [3.05, 3.63) is 71.0 Å². The lowest BCUT2D eigenvalue weighted by Gasteiger charge is -2.13. The van der Waals surface area contributed by atoms with Crippen LogP contribution in [-0.2, 0) is 7.05 Å². The van der Waals surface area contributed by atoms with E-state index in [2.05, 4.69) is 15.2 Å². The van der Waals surface area contributed by atoms with E-state index in [-0.39, 0.29) is 11.7 Å². The smallest absolute Gasteiger partial charge is 0.387 e. The predicted octanol–water partition coefficient (Wildman–Crippen LogP) is 5.41. The number of amides is 1. The molecule has 0 atom stereocenters. The number of para-hydroxylation sites is 1. The van der Waals surface area contributed by atoms with Gasteiger partial charge < -0.3 is 10.1 Å². The summed E-state index contributed by atoms with van der Waals surface area (Å²) in [4.78, 5) is 18.1. The van der Waals surface area contributed by atoms with Gasteiger partial charge in [0.2, 0.25) is 0 Å². The molecule has 2 aromatic heterocycles. The lowest BCUT2D eigenvalue weighted by atomic mass is 10.0. The van der Waals surface area contributed by atoms with Crippen LogP contribution in [0, 0.1) is 20.8 Å². The molecule has 4 aromatic rings. The number of carbonyl (C=O) groups is 1. The summed E-state index contributed by atoms with van der Waals surface area (Å²) in [5.41, 5.74) is 5.58. The van der Waals surface area contributed by atoms with Gasteiger partial charge in [0.25, 0.3) is 5.91 Å². The zero-order valence-electron chi connectivity index (χ0n) is 18.1. The Kier molecular flexibility index (Phi) is 5.61. The molecule has 2 heterocycles. The number of hydrogen-bond acceptors (Lipinski definition) is 4. The first-order valence-electron chi connectivity index (χ1n) is 10.0. The minimum absolute atomic E-state index is 0.0367. The topological polar surface area (TPSA) is 69.0 Å². The lowest BCUT2D eigenvalue weighted by molar-refractivity contribution is -0.0498. The van der Waals surface area contributed by atoms with Crippen LogP contribution in [0.1, 0.15) is 27.3 Å². The van der Waals surface area contributed by atoms with Crippen LogP contribution >= 0.6 is 0 Å². The van der Waals surface area contributed by atoms with Crippen molar-refractivity contribution >= 4 is 22.5 Å². The van der Waals surface area contributed by atoms with Crippen molar-refractivity contribution < 1.29 is 18.3 Å². The van der Waals surface area contributed by atoms with Gasteiger partial charge in [0.05, 0.1) is 22.5 Å². The fourth-order valence-corrected chi connectivity index (χ4v) is 3.78. The highest BCUT2D eigenvalue weighted by Crippen LogP contribution is 2.30. The van der Waals surface area contributed by atoms with Crippen molar-refractivity contribution in [2.24, 2.45) is 7.05 Å². The molecule has 0 fully saturated rings. The van der Waals surface area contributed by atoms with Crippen molar-refractivity contribution in [3.8, 4) is 17.0 Å². The van der Waals surface area contributed by atoms with Crippen LogP contribution < -0.4 is 10.1 Å². The predicted molar refractivity (Wildman–Crippen MR) is 119 cm³/mol. The summed E-state index contributed by atoms with van der Waals surface area (Å²) >= 11 is 0. The quantitative estimate of drug-likeness (QED) is 0.454. The van der Waals surface area contributed by atoms with Crippen LogP contribution in [0.15, 0.2) is 48.5 Å². The first-order chi connectivity index (χ1) is 15.2. The van der Waals surface area contributed by atoms with Crippen molar-refractivity contribution in [1.82, 2.24) is 14.8 Å². The van der Waals surface area contributed by atoms with E-state index in [9.17, 15) is 13.6 Å². The normalized spacial score (nSPS) is 11.2. The number of benzene rings is 2. The molecular weight excluding hydrogens is 414 g/mol. The summed E-state index contributed by atoms with van der Waals surface area (Å²) < 4.78 is 31.1. The molecule has 32 heavy (non-hydrogen) atoms. The number of aromatic nitrogens is 3. The molecule has 164 valence electrons. The summed E-state index contributed by atoms with van der Waals surface area (Å²) in [6.45, 7) is 2.67. The molecule has 0 unspecified atom stereocenters. The summed E-state index contributed by atoms with van der Waals surface area (Å²) in [5.74, 6) is -0.288. The number of pyridine rings is 1. The molecule has 0 aliphatic carbocycles. The number of nitrogens with one attached hydrogen (secondary N) is 1. The van der Waals surface area contributed by atoms with Gasteiger partial charge in [-0.15, -0.1) is 0 Å². The Hall–Kier alpha value is -3.81. The number of fused-ring (bicyclic) bond motifs is 1. The van der Waals surface area contributed by atoms with Gasteiger partial charge in [0, 0.05) is 29.4 Å². The average molecular weight is 436 g/mol. The Bertz CT molecular complexity index is 1330. The van der Waals surface area contributed by atoms with Gasteiger partial charge in [-0.05, 0) is 56.7 Å². The van der Waals surface area contributed by atoms with Gasteiger partial charge in [0.15, 0.2) is 0 Å². The molecule has 0 aliphatic heterocycles. The standard InChI is InChI=1S/C24H22F2N4O2/c1-13-11-16(32-24(25)26)9-10-19(13)28-23(31)18-12-21(22-14(2)29-30(4)15(22)3)27-20-8-6-5-7-17(18)20/h5-12,24H,1-4H3,(H,28,31). The average Bonchev–Trinajstić information content (AvgIpc) is 3.00. The monoisotopic (exact) mass is 436 g/mol. The van der Waals surface area contributed by atoms with Crippen molar-refractivity contribution in [2.45, 2.75) is 27.4 Å². The van der Waals surface area contributed by atoms with Gasteiger partial charge in [0.1, 0.15) is 5.75 Å². The second-order valence-corrected chi connectivity index (χ2v) is 7.55. The Morgan fingerprint density at radius 2 is 1.84 bits per heavy atom. The first kappa shape index (κ1) is 21.4. The van der Waals surface area contributed by atoms with E-state index in [4.69, 9.17) is 4.98 Å². The second kappa shape index (κ2) is 8.37. The Labute approximate surface area is 183 Å². The number of ether oxygens (including phenoxy) is 1. The maximum atomic E-state index is 13.3. The number of aryl methyl sites for hydroxylation is 3. The highest BCUT2D eigenvalue weighted by atomic mass is 19.3. The number of alkyl halides is 2.